The summed E-state index contributed by atoms with van der Waals surface area (Å²) in [6.07, 6.45) is 0. The summed E-state index contributed by atoms with van der Waals surface area (Å²) in [5, 5.41) is 3.81. The maximum absolute atomic E-state index is 4.87. The van der Waals surface area contributed by atoms with Crippen LogP contribution in [0, 0.1) is 6.92 Å². The first-order valence-electron chi connectivity index (χ1n) is 3.85. The molecule has 0 radical (unpaired) electrons. The molecule has 4 heteroatoms. The van der Waals surface area contributed by atoms with Crippen molar-refractivity contribution in [1.82, 2.24) is 10.1 Å². The molecule has 0 aliphatic heterocycles. The van der Waals surface area contributed by atoms with Crippen molar-refractivity contribution < 1.29 is 4.52 Å². The largest absolute Gasteiger partial charge is 0.339 e. The number of hydrogen-bond acceptors (Lipinski definition) is 4. The zero-order valence-corrected chi connectivity index (χ0v) is 7.95. The molecule has 0 spiro atoms. The molecule has 0 unspecified atom stereocenters. The van der Waals surface area contributed by atoms with E-state index in [2.05, 4.69) is 22.8 Å². The van der Waals surface area contributed by atoms with Gasteiger partial charge in [0.05, 0.1) is 0 Å². The third-order valence-corrected chi connectivity index (χ3v) is 1.91. The Bertz CT molecular complexity index is 425. The molecule has 1 aromatic heterocycles. The van der Waals surface area contributed by atoms with E-state index in [1.807, 2.05) is 24.3 Å². The molecule has 13 heavy (non-hydrogen) atoms. The Labute approximate surface area is 81.2 Å². The fourth-order valence-corrected chi connectivity index (χ4v) is 1.29. The predicted octanol–water partition coefficient (Wildman–Crippen LogP) is 2.33. The lowest BCUT2D eigenvalue weighted by atomic mass is 10.2. The molecular weight excluding hydrogens is 184 g/mol. The van der Waals surface area contributed by atoms with E-state index in [0.29, 0.717) is 11.7 Å². The van der Waals surface area contributed by atoms with Crippen LogP contribution < -0.4 is 0 Å². The number of thiol groups is 1. The molecule has 0 N–H and O–H groups in total. The van der Waals surface area contributed by atoms with Gasteiger partial charge in [-0.1, -0.05) is 17.3 Å². The third-order valence-electron chi connectivity index (χ3n) is 1.63. The van der Waals surface area contributed by atoms with Crippen LogP contribution in [-0.4, -0.2) is 10.1 Å². The summed E-state index contributed by atoms with van der Waals surface area (Å²) < 4.78 is 4.87. The second-order valence-corrected chi connectivity index (χ2v) is 3.20. The second kappa shape index (κ2) is 3.22. The lowest BCUT2D eigenvalue weighted by Crippen LogP contribution is -1.80. The molecule has 0 saturated heterocycles. The molecule has 66 valence electrons. The molecule has 1 heterocycles. The van der Waals surface area contributed by atoms with Gasteiger partial charge in [0.1, 0.15) is 0 Å². The quantitative estimate of drug-likeness (QED) is 0.705. The van der Waals surface area contributed by atoms with Crippen molar-refractivity contribution in [3.63, 3.8) is 0 Å². The number of aromatic nitrogens is 2. The van der Waals surface area contributed by atoms with Crippen molar-refractivity contribution in [3.8, 4) is 11.4 Å². The van der Waals surface area contributed by atoms with E-state index in [4.69, 9.17) is 4.52 Å². The molecule has 0 bridgehead atoms. The summed E-state index contributed by atoms with van der Waals surface area (Å²) in [6.45, 7) is 1.76. The smallest absolute Gasteiger partial charge is 0.223 e. The fourth-order valence-electron chi connectivity index (χ4n) is 1.06. The maximum Gasteiger partial charge on any atom is 0.223 e. The number of nitrogens with zero attached hydrogens (tertiary/aromatic N) is 2. The Balaban J connectivity index is 2.46. The highest BCUT2D eigenvalue weighted by molar-refractivity contribution is 7.80. The van der Waals surface area contributed by atoms with Crippen LogP contribution in [0.15, 0.2) is 33.7 Å². The van der Waals surface area contributed by atoms with Gasteiger partial charge in [-0.2, -0.15) is 4.98 Å². The number of aryl methyl sites for hydroxylation is 1. The summed E-state index contributed by atoms with van der Waals surface area (Å²) >= 11 is 4.22. The lowest BCUT2D eigenvalue weighted by molar-refractivity contribution is 0.394. The highest BCUT2D eigenvalue weighted by atomic mass is 32.1. The molecule has 0 atom stereocenters. The minimum atomic E-state index is 0.569. The van der Waals surface area contributed by atoms with Gasteiger partial charge >= 0.3 is 0 Å². The lowest BCUT2D eigenvalue weighted by Gasteiger charge is -1.94. The van der Waals surface area contributed by atoms with E-state index in [1.165, 1.54) is 0 Å². The SMILES string of the molecule is Cc1nc(-c2cccc(S)c2)no1. The fraction of sp³-hybridized carbons (Fsp3) is 0.111. The van der Waals surface area contributed by atoms with Gasteiger partial charge < -0.3 is 4.52 Å². The summed E-state index contributed by atoms with van der Waals surface area (Å²) in [5.74, 6) is 1.17. The Morgan fingerprint density at radius 2 is 2.23 bits per heavy atom. The third kappa shape index (κ3) is 1.72. The average molecular weight is 192 g/mol. The van der Waals surface area contributed by atoms with Crippen LogP contribution in [-0.2, 0) is 0 Å². The van der Waals surface area contributed by atoms with Crippen LogP contribution in [0.1, 0.15) is 5.89 Å². The molecule has 0 saturated carbocycles. The van der Waals surface area contributed by atoms with E-state index < -0.39 is 0 Å². The minimum absolute atomic E-state index is 0.569. The Morgan fingerprint density at radius 3 is 2.85 bits per heavy atom. The van der Waals surface area contributed by atoms with Crippen molar-refractivity contribution in [1.29, 1.82) is 0 Å². The van der Waals surface area contributed by atoms with Crippen molar-refractivity contribution in [3.05, 3.63) is 30.2 Å². The second-order valence-electron chi connectivity index (χ2n) is 2.69. The highest BCUT2D eigenvalue weighted by Gasteiger charge is 2.04. The number of hydrogen-bond donors (Lipinski definition) is 1. The maximum atomic E-state index is 4.87. The predicted molar refractivity (Wildman–Crippen MR) is 51.7 cm³/mol. The molecule has 0 amide bonds. The molecule has 0 aliphatic rings. The first-order chi connectivity index (χ1) is 6.25. The summed E-state index contributed by atoms with van der Waals surface area (Å²) in [7, 11) is 0. The van der Waals surface area contributed by atoms with Gasteiger partial charge in [0.2, 0.25) is 11.7 Å². The van der Waals surface area contributed by atoms with E-state index in [9.17, 15) is 0 Å². The molecule has 0 aliphatic carbocycles. The molecule has 2 aromatic rings. The van der Waals surface area contributed by atoms with Gasteiger partial charge in [-0.25, -0.2) is 0 Å². The molecule has 2 rings (SSSR count). The highest BCUT2D eigenvalue weighted by Crippen LogP contribution is 2.18. The summed E-state index contributed by atoms with van der Waals surface area (Å²) in [6, 6.07) is 7.63. The van der Waals surface area contributed by atoms with Crippen LogP contribution in [0.4, 0.5) is 0 Å². The van der Waals surface area contributed by atoms with Crippen LogP contribution in [0.2, 0.25) is 0 Å². The minimum Gasteiger partial charge on any atom is -0.339 e. The van der Waals surface area contributed by atoms with Gasteiger partial charge in [0.15, 0.2) is 0 Å². The van der Waals surface area contributed by atoms with Crippen molar-refractivity contribution in [2.24, 2.45) is 0 Å². The van der Waals surface area contributed by atoms with Crippen LogP contribution >= 0.6 is 12.6 Å². The van der Waals surface area contributed by atoms with Crippen LogP contribution in [0.5, 0.6) is 0 Å². The monoisotopic (exact) mass is 192 g/mol. The van der Waals surface area contributed by atoms with E-state index in [0.717, 1.165) is 10.5 Å². The first-order valence-corrected chi connectivity index (χ1v) is 4.30. The Morgan fingerprint density at radius 1 is 1.38 bits per heavy atom. The van der Waals surface area contributed by atoms with Gasteiger partial charge in [0, 0.05) is 17.4 Å². The average Bonchev–Trinajstić information content (AvgIpc) is 2.52. The van der Waals surface area contributed by atoms with E-state index in [1.54, 1.807) is 6.92 Å². The Kier molecular flexibility index (Phi) is 2.06. The molecule has 1 aromatic carbocycles. The summed E-state index contributed by atoms with van der Waals surface area (Å²) in [5.41, 5.74) is 0.921. The topological polar surface area (TPSA) is 38.9 Å². The van der Waals surface area contributed by atoms with Crippen molar-refractivity contribution in [2.45, 2.75) is 11.8 Å². The van der Waals surface area contributed by atoms with E-state index in [-0.39, 0.29) is 0 Å². The Hall–Kier alpha value is -1.29. The summed E-state index contributed by atoms with van der Waals surface area (Å²) in [4.78, 5) is 5.00. The van der Waals surface area contributed by atoms with Gasteiger partial charge in [0.25, 0.3) is 0 Å². The number of rotatable bonds is 1. The molecule has 0 fully saturated rings. The molecule has 3 nitrogen and oxygen atoms in total. The standard InChI is InChI=1S/C9H8N2OS/c1-6-10-9(11-12-6)7-3-2-4-8(13)5-7/h2-5,13H,1H3. The zero-order valence-electron chi connectivity index (χ0n) is 7.06. The normalized spacial score (nSPS) is 10.3. The first kappa shape index (κ1) is 8.31. The zero-order chi connectivity index (χ0) is 9.26. The van der Waals surface area contributed by atoms with Gasteiger partial charge in [-0.15, -0.1) is 12.6 Å². The van der Waals surface area contributed by atoms with Crippen molar-refractivity contribution in [2.75, 3.05) is 0 Å². The molecular formula is C9H8N2OS. The van der Waals surface area contributed by atoms with E-state index >= 15 is 0 Å². The van der Waals surface area contributed by atoms with Gasteiger partial charge in [-0.3, -0.25) is 0 Å². The van der Waals surface area contributed by atoms with Crippen LogP contribution in [0.3, 0.4) is 0 Å². The van der Waals surface area contributed by atoms with Gasteiger partial charge in [-0.05, 0) is 12.1 Å². The number of benzene rings is 1. The van der Waals surface area contributed by atoms with Crippen LogP contribution in [0.25, 0.3) is 11.4 Å². The van der Waals surface area contributed by atoms with Crippen molar-refractivity contribution >= 4 is 12.6 Å².